The Kier molecular flexibility index (Phi) is 7.13. The molecule has 0 spiro atoms. The van der Waals surface area contributed by atoms with Crippen LogP contribution in [0.25, 0.3) is 0 Å². The first kappa shape index (κ1) is 26.4. The van der Waals surface area contributed by atoms with Gasteiger partial charge in [0.1, 0.15) is 17.0 Å². The van der Waals surface area contributed by atoms with E-state index >= 15 is 0 Å². The third kappa shape index (κ3) is 5.65. The average molecular weight is 551 g/mol. The molecule has 1 aromatic carbocycles. The number of methoxy groups -OCH3 is 1. The van der Waals surface area contributed by atoms with E-state index in [1.807, 2.05) is 37.8 Å². The second-order valence-electron chi connectivity index (χ2n) is 10.3. The number of hydrogen-bond acceptors (Lipinski definition) is 9. The highest BCUT2D eigenvalue weighted by Gasteiger charge is 2.32. The van der Waals surface area contributed by atoms with Gasteiger partial charge in [-0.05, 0) is 51.0 Å². The number of ether oxygens (including phenoxy) is 2. The number of thiazole rings is 1. The Labute approximate surface area is 230 Å². The predicted octanol–water partition coefficient (Wildman–Crippen LogP) is 4.36. The normalized spacial score (nSPS) is 15.3. The van der Waals surface area contributed by atoms with Gasteiger partial charge in [-0.2, -0.15) is 0 Å². The van der Waals surface area contributed by atoms with Crippen LogP contribution in [0, 0.1) is 0 Å². The Hall–Kier alpha value is -4.19. The molecule has 3 amide bonds. The van der Waals surface area contributed by atoms with Crippen LogP contribution in [0.4, 0.5) is 21.3 Å². The van der Waals surface area contributed by atoms with Crippen LogP contribution < -0.4 is 19.9 Å². The number of pyridine rings is 1. The van der Waals surface area contributed by atoms with Crippen molar-refractivity contribution in [2.75, 3.05) is 42.0 Å². The van der Waals surface area contributed by atoms with Crippen molar-refractivity contribution in [3.63, 3.8) is 0 Å². The van der Waals surface area contributed by atoms with E-state index in [0.717, 1.165) is 17.7 Å². The molecule has 4 heterocycles. The summed E-state index contributed by atoms with van der Waals surface area (Å²) in [7, 11) is 1.56. The zero-order valence-corrected chi connectivity index (χ0v) is 23.1. The van der Waals surface area contributed by atoms with Gasteiger partial charge in [0.25, 0.3) is 11.8 Å². The Morgan fingerprint density at radius 2 is 1.97 bits per heavy atom. The molecular weight excluding hydrogens is 520 g/mol. The lowest BCUT2D eigenvalue weighted by molar-refractivity contribution is 0.0225. The van der Waals surface area contributed by atoms with Crippen molar-refractivity contribution in [2.45, 2.75) is 39.3 Å². The van der Waals surface area contributed by atoms with Crippen LogP contribution in [-0.4, -0.2) is 65.2 Å². The first-order valence-electron chi connectivity index (χ1n) is 12.6. The number of carbonyl (C=O) groups excluding carboxylic acids is 3. The van der Waals surface area contributed by atoms with Crippen LogP contribution in [0.5, 0.6) is 5.75 Å². The van der Waals surface area contributed by atoms with Gasteiger partial charge >= 0.3 is 6.09 Å². The molecule has 0 unspecified atom stereocenters. The van der Waals surface area contributed by atoms with Crippen molar-refractivity contribution >= 4 is 45.8 Å². The fourth-order valence-corrected chi connectivity index (χ4v) is 5.27. The molecule has 0 saturated carbocycles. The van der Waals surface area contributed by atoms with Gasteiger partial charge in [-0.25, -0.2) is 9.78 Å². The third-order valence-electron chi connectivity index (χ3n) is 6.31. The molecule has 2 aliphatic rings. The quantitative estimate of drug-likeness (QED) is 0.498. The van der Waals surface area contributed by atoms with Crippen molar-refractivity contribution in [1.29, 1.82) is 0 Å². The Balaban J connectivity index is 1.28. The van der Waals surface area contributed by atoms with Crippen molar-refractivity contribution < 1.29 is 23.9 Å². The van der Waals surface area contributed by atoms with E-state index < -0.39 is 11.5 Å². The highest BCUT2D eigenvalue weighted by Crippen LogP contribution is 2.33. The number of nitrogens with zero attached hydrogens (tertiary/aromatic N) is 5. The highest BCUT2D eigenvalue weighted by atomic mass is 32.1. The smallest absolute Gasteiger partial charge is 0.411 e. The summed E-state index contributed by atoms with van der Waals surface area (Å²) in [5.41, 5.74) is 2.29. The van der Waals surface area contributed by atoms with E-state index in [1.165, 1.54) is 11.3 Å². The minimum absolute atomic E-state index is 0.181. The molecule has 0 aliphatic carbocycles. The van der Waals surface area contributed by atoms with Gasteiger partial charge in [-0.15, -0.1) is 11.3 Å². The first-order valence-corrected chi connectivity index (χ1v) is 13.4. The van der Waals surface area contributed by atoms with Crippen LogP contribution in [0.15, 0.2) is 42.0 Å². The zero-order valence-electron chi connectivity index (χ0n) is 22.3. The number of carbonyl (C=O) groups is 3. The second kappa shape index (κ2) is 10.5. The number of anilines is 3. The second-order valence-corrected chi connectivity index (χ2v) is 11.1. The molecule has 39 heavy (non-hydrogen) atoms. The maximum atomic E-state index is 13.2. The summed E-state index contributed by atoms with van der Waals surface area (Å²) in [6.07, 6.45) is 3.59. The van der Waals surface area contributed by atoms with Gasteiger partial charge in [0, 0.05) is 30.2 Å². The summed E-state index contributed by atoms with van der Waals surface area (Å²) in [6.45, 7) is 7.50. The van der Waals surface area contributed by atoms with Crippen LogP contribution in [0.2, 0.25) is 0 Å². The lowest BCUT2D eigenvalue weighted by Gasteiger charge is -2.38. The van der Waals surface area contributed by atoms with Crippen molar-refractivity contribution in [1.82, 2.24) is 14.9 Å². The third-order valence-corrected chi connectivity index (χ3v) is 7.18. The Morgan fingerprint density at radius 1 is 1.15 bits per heavy atom. The largest absolute Gasteiger partial charge is 0.497 e. The lowest BCUT2D eigenvalue weighted by Crippen LogP contribution is -2.49. The van der Waals surface area contributed by atoms with Gasteiger partial charge in [0.2, 0.25) is 0 Å². The van der Waals surface area contributed by atoms with E-state index in [1.54, 1.807) is 46.8 Å². The standard InChI is InChI=1S/C27H30N6O5S/c1-27(2,3)38-26(36)32-11-5-10-31(16-32)22-8-9-28-13-20(22)29-23(34)21-15-39-25(30-21)33-14-17-6-7-18(37-4)12-19(17)24(33)35/h6-9,12-13,15H,5,10-11,14,16H2,1-4H3,(H,29,34). The summed E-state index contributed by atoms with van der Waals surface area (Å²) in [6, 6.07) is 7.20. The molecule has 3 aromatic rings. The fraction of sp³-hybridized carbons (Fsp3) is 0.370. The molecule has 11 nitrogen and oxygen atoms in total. The molecule has 204 valence electrons. The number of aromatic nitrogens is 2. The van der Waals surface area contributed by atoms with Crippen molar-refractivity contribution in [2.24, 2.45) is 0 Å². The molecule has 1 saturated heterocycles. The molecule has 0 bridgehead atoms. The minimum Gasteiger partial charge on any atom is -0.497 e. The van der Waals surface area contributed by atoms with E-state index in [9.17, 15) is 14.4 Å². The fourth-order valence-electron chi connectivity index (χ4n) is 4.47. The molecule has 2 aromatic heterocycles. The predicted molar refractivity (Wildman–Crippen MR) is 148 cm³/mol. The van der Waals surface area contributed by atoms with E-state index in [0.29, 0.717) is 48.4 Å². The molecule has 5 rings (SSSR count). The highest BCUT2D eigenvalue weighted by molar-refractivity contribution is 7.14. The molecular formula is C27H30N6O5S. The average Bonchev–Trinajstić information content (AvgIpc) is 3.53. The molecule has 2 aliphatic heterocycles. The molecule has 0 radical (unpaired) electrons. The van der Waals surface area contributed by atoms with E-state index in [4.69, 9.17) is 9.47 Å². The maximum Gasteiger partial charge on any atom is 0.411 e. The van der Waals surface area contributed by atoms with Gasteiger partial charge < -0.3 is 19.7 Å². The molecule has 0 atom stereocenters. The van der Waals surface area contributed by atoms with Gasteiger partial charge in [-0.3, -0.25) is 24.4 Å². The topological polar surface area (TPSA) is 117 Å². The van der Waals surface area contributed by atoms with Crippen LogP contribution in [-0.2, 0) is 11.3 Å². The summed E-state index contributed by atoms with van der Waals surface area (Å²) < 4.78 is 10.8. The van der Waals surface area contributed by atoms with Gasteiger partial charge in [0.15, 0.2) is 5.13 Å². The van der Waals surface area contributed by atoms with Crippen molar-refractivity contribution in [3.8, 4) is 5.75 Å². The van der Waals surface area contributed by atoms with Crippen molar-refractivity contribution in [3.05, 3.63) is 58.9 Å². The molecule has 12 heteroatoms. The number of benzene rings is 1. The minimum atomic E-state index is -0.586. The summed E-state index contributed by atoms with van der Waals surface area (Å²) in [5.74, 6) is 0.0105. The zero-order chi connectivity index (χ0) is 27.7. The summed E-state index contributed by atoms with van der Waals surface area (Å²) in [4.78, 5) is 52.6. The van der Waals surface area contributed by atoms with Gasteiger partial charge in [0.05, 0.1) is 37.9 Å². The van der Waals surface area contributed by atoms with Crippen LogP contribution in [0.1, 0.15) is 53.6 Å². The molecule has 1 N–H and O–H groups in total. The maximum absolute atomic E-state index is 13.2. The van der Waals surface area contributed by atoms with Crippen LogP contribution >= 0.6 is 11.3 Å². The van der Waals surface area contributed by atoms with E-state index in [-0.39, 0.29) is 17.7 Å². The number of fused-ring (bicyclic) bond motifs is 1. The van der Waals surface area contributed by atoms with Crippen LogP contribution in [0.3, 0.4) is 0 Å². The van der Waals surface area contributed by atoms with Gasteiger partial charge in [-0.1, -0.05) is 6.07 Å². The number of nitrogens with one attached hydrogen (secondary N) is 1. The number of rotatable bonds is 5. The SMILES string of the molecule is COc1ccc2c(c1)C(=O)N(c1nc(C(=O)Nc3cnccc3N3CCCN(C(=O)OC(C)(C)C)C3)cs1)C2. The first-order chi connectivity index (χ1) is 18.6. The monoisotopic (exact) mass is 550 g/mol. The van der Waals surface area contributed by atoms with E-state index in [2.05, 4.69) is 15.3 Å². The summed E-state index contributed by atoms with van der Waals surface area (Å²) in [5, 5.41) is 4.97. The molecule has 1 fully saturated rings. The lowest BCUT2D eigenvalue weighted by atomic mass is 10.1. The number of amides is 3. The Bertz CT molecular complexity index is 1420. The Morgan fingerprint density at radius 3 is 2.74 bits per heavy atom. The summed E-state index contributed by atoms with van der Waals surface area (Å²) >= 11 is 1.23. The number of hydrogen-bond donors (Lipinski definition) is 1.